The van der Waals surface area contributed by atoms with Gasteiger partial charge in [-0.05, 0) is 29.3 Å². The third kappa shape index (κ3) is 3.64. The number of hydrogen-bond donors (Lipinski definition) is 1. The summed E-state index contributed by atoms with van der Waals surface area (Å²) in [6, 6.07) is 23.1. The quantitative estimate of drug-likeness (QED) is 0.154. The number of nitrogens with zero attached hydrogens (tertiary/aromatic N) is 2. The highest BCUT2D eigenvalue weighted by molar-refractivity contribution is 6.31. The van der Waals surface area contributed by atoms with E-state index in [2.05, 4.69) is 13.8 Å². The van der Waals surface area contributed by atoms with Crippen molar-refractivity contribution in [1.82, 2.24) is 4.57 Å². The van der Waals surface area contributed by atoms with E-state index in [0.29, 0.717) is 24.0 Å². The van der Waals surface area contributed by atoms with Gasteiger partial charge in [0.05, 0.1) is 16.3 Å². The lowest BCUT2D eigenvalue weighted by Crippen LogP contribution is -2.30. The van der Waals surface area contributed by atoms with Crippen LogP contribution >= 0.6 is 0 Å². The lowest BCUT2D eigenvalue weighted by Gasteiger charge is -2.20. The molecule has 4 nitrogen and oxygen atoms in total. The first kappa shape index (κ1) is 26.3. The van der Waals surface area contributed by atoms with Gasteiger partial charge in [0.15, 0.2) is 5.83 Å². The third-order valence-corrected chi connectivity index (χ3v) is 8.65. The Morgan fingerprint density at radius 2 is 1.50 bits per heavy atom. The van der Waals surface area contributed by atoms with Gasteiger partial charge in [-0.15, -0.1) is 0 Å². The van der Waals surface area contributed by atoms with Gasteiger partial charge in [0.2, 0.25) is 17.3 Å². The number of aryl methyl sites for hydroxylation is 1. The molecule has 0 saturated heterocycles. The van der Waals surface area contributed by atoms with Gasteiger partial charge in [0, 0.05) is 35.3 Å². The molecule has 4 aromatic carbocycles. The van der Waals surface area contributed by atoms with Crippen LogP contribution in [0.15, 0.2) is 95.5 Å². The molecule has 1 aliphatic heterocycles. The predicted molar refractivity (Wildman–Crippen MR) is 165 cm³/mol. The maximum absolute atomic E-state index is 16.5. The Labute approximate surface area is 242 Å². The highest BCUT2D eigenvalue weighted by Gasteiger charge is 2.45. The minimum absolute atomic E-state index is 0.250. The van der Waals surface area contributed by atoms with Crippen LogP contribution in [-0.2, 0) is 11.3 Å². The standard InChI is InChI=1S/C36H30F2N2O2/c1-3-5-19-39-25-17-9-13-21-11-7-15-23(27(21)25)33(39)31(37)29-35(41)30(36(29)42)32(38)34-24-16-8-12-22-14-10-18-26(28(22)24)40(34)20-6-4-2/h7-18H,3-6,19-20H2,1-2H3/p+1. The highest BCUT2D eigenvalue weighted by atomic mass is 19.1. The highest BCUT2D eigenvalue weighted by Crippen LogP contribution is 2.42. The first-order chi connectivity index (χ1) is 20.5. The molecule has 0 spiro atoms. The van der Waals surface area contributed by atoms with Crippen molar-refractivity contribution in [3.05, 3.63) is 106 Å². The summed E-state index contributed by atoms with van der Waals surface area (Å²) in [4.78, 5) is 13.6. The van der Waals surface area contributed by atoms with E-state index in [1.54, 1.807) is 0 Å². The number of Topliss-reactive ketones (excluding diaryl/α,β-unsaturated/α-hetero) is 1. The Hall–Kier alpha value is -4.58. The molecular weight excluding hydrogens is 530 g/mol. The zero-order valence-electron chi connectivity index (χ0n) is 23.7. The Morgan fingerprint density at radius 1 is 0.833 bits per heavy atom. The maximum Gasteiger partial charge on any atom is 0.250 e. The third-order valence-electron chi connectivity index (χ3n) is 8.65. The molecule has 0 unspecified atom stereocenters. The number of aromatic nitrogens is 1. The smallest absolute Gasteiger partial charge is 0.250 e. The van der Waals surface area contributed by atoms with Crippen molar-refractivity contribution >= 4 is 55.5 Å². The average molecular weight is 562 g/mol. The topological polar surface area (TPSA) is 45.2 Å². The van der Waals surface area contributed by atoms with Crippen LogP contribution in [0.25, 0.3) is 38.3 Å². The van der Waals surface area contributed by atoms with Gasteiger partial charge in [-0.25, -0.2) is 4.39 Å². The van der Waals surface area contributed by atoms with Gasteiger partial charge < -0.3 is 9.67 Å². The van der Waals surface area contributed by atoms with Crippen molar-refractivity contribution in [1.29, 1.82) is 0 Å². The molecule has 42 heavy (non-hydrogen) atoms. The van der Waals surface area contributed by atoms with Gasteiger partial charge >= 0.3 is 0 Å². The molecule has 0 saturated carbocycles. The van der Waals surface area contributed by atoms with Crippen LogP contribution in [0.5, 0.6) is 0 Å². The zero-order valence-corrected chi connectivity index (χ0v) is 23.7. The molecule has 1 aromatic heterocycles. The van der Waals surface area contributed by atoms with E-state index >= 15 is 8.78 Å². The molecule has 7 rings (SSSR count). The average Bonchev–Trinajstić information content (AvgIpc) is 3.50. The second-order valence-electron chi connectivity index (χ2n) is 11.1. The number of aliphatic hydroxyl groups excluding tert-OH is 1. The summed E-state index contributed by atoms with van der Waals surface area (Å²) in [6.45, 7) is 5.24. The number of halogens is 2. The second-order valence-corrected chi connectivity index (χ2v) is 11.1. The molecule has 1 aliphatic carbocycles. The summed E-state index contributed by atoms with van der Waals surface area (Å²) >= 11 is 0. The lowest BCUT2D eigenvalue weighted by molar-refractivity contribution is -0.437. The Bertz CT molecular complexity index is 2100. The minimum Gasteiger partial charge on any atom is -0.506 e. The summed E-state index contributed by atoms with van der Waals surface area (Å²) in [5.74, 6) is -3.09. The monoisotopic (exact) mass is 561 g/mol. The molecule has 5 aromatic rings. The molecule has 0 atom stereocenters. The van der Waals surface area contributed by atoms with E-state index in [1.807, 2.05) is 81.9 Å². The van der Waals surface area contributed by atoms with Crippen molar-refractivity contribution in [2.75, 3.05) is 6.54 Å². The normalized spacial score (nSPS) is 16.8. The summed E-state index contributed by atoms with van der Waals surface area (Å²) < 4.78 is 36.8. The van der Waals surface area contributed by atoms with Crippen LogP contribution in [0.1, 0.15) is 45.1 Å². The molecule has 0 fully saturated rings. The molecule has 2 heterocycles. The number of aliphatic hydroxyl groups is 1. The molecule has 0 amide bonds. The molecule has 0 radical (unpaired) electrons. The molecule has 1 N–H and O–H groups in total. The van der Waals surface area contributed by atoms with Gasteiger partial charge in [0.1, 0.15) is 23.5 Å². The van der Waals surface area contributed by atoms with Crippen LogP contribution in [0, 0.1) is 0 Å². The number of allylic oxidation sites excluding steroid dienone is 3. The second kappa shape index (κ2) is 10.1. The molecule has 0 bridgehead atoms. The fourth-order valence-electron chi connectivity index (χ4n) is 6.64. The van der Waals surface area contributed by atoms with E-state index in [-0.39, 0.29) is 11.1 Å². The summed E-state index contributed by atoms with van der Waals surface area (Å²) in [7, 11) is 0. The van der Waals surface area contributed by atoms with Crippen molar-refractivity contribution in [3.8, 4) is 0 Å². The Balaban J connectivity index is 1.45. The first-order valence-electron chi connectivity index (χ1n) is 14.7. The summed E-state index contributed by atoms with van der Waals surface area (Å²) in [6.07, 6.45) is 3.45. The molecular formula is C36H31F2N2O2+. The number of unbranched alkanes of at least 4 members (excludes halogenated alkanes) is 2. The largest absolute Gasteiger partial charge is 0.506 e. The van der Waals surface area contributed by atoms with Crippen LogP contribution in [0.3, 0.4) is 0 Å². The summed E-state index contributed by atoms with van der Waals surface area (Å²) in [5, 5.41) is 15.9. The van der Waals surface area contributed by atoms with E-state index in [4.69, 9.17) is 0 Å². The predicted octanol–water partition coefficient (Wildman–Crippen LogP) is 8.11. The van der Waals surface area contributed by atoms with Gasteiger partial charge in [-0.1, -0.05) is 81.3 Å². The van der Waals surface area contributed by atoms with Gasteiger partial charge in [0.25, 0.3) is 5.71 Å². The van der Waals surface area contributed by atoms with E-state index in [9.17, 15) is 9.90 Å². The van der Waals surface area contributed by atoms with Crippen molar-refractivity contribution in [3.63, 3.8) is 0 Å². The first-order valence-corrected chi connectivity index (χ1v) is 14.7. The molecule has 2 aliphatic rings. The maximum atomic E-state index is 16.5. The van der Waals surface area contributed by atoms with E-state index in [0.717, 1.165) is 58.4 Å². The number of carbonyl (C=O) groups excluding carboxylic acids is 1. The number of ketones is 1. The van der Waals surface area contributed by atoms with Gasteiger partial charge in [-0.2, -0.15) is 8.97 Å². The number of hydrogen-bond acceptors (Lipinski definition) is 2. The van der Waals surface area contributed by atoms with Crippen LogP contribution < -0.4 is 5.35 Å². The van der Waals surface area contributed by atoms with Crippen molar-refractivity contribution in [2.45, 2.75) is 46.1 Å². The SMILES string of the molecule is CCCCn1c(=C(F)C2=C(O)C(=C(F)C3=[N+](CCCC)c4cccc5cccc3c45)C2=O)c2cccc3cccc1c32. The molecule has 210 valence electrons. The van der Waals surface area contributed by atoms with Crippen LogP contribution in [-0.4, -0.2) is 32.3 Å². The minimum atomic E-state index is -0.821. The van der Waals surface area contributed by atoms with Crippen LogP contribution in [0.2, 0.25) is 0 Å². The fraction of sp³-hybridized carbons (Fsp3) is 0.222. The summed E-state index contributed by atoms with van der Waals surface area (Å²) in [5.41, 5.74) is 1.73. The zero-order chi connectivity index (χ0) is 29.1. The number of benzene rings is 4. The van der Waals surface area contributed by atoms with Crippen molar-refractivity contribution in [2.24, 2.45) is 0 Å². The van der Waals surface area contributed by atoms with Crippen molar-refractivity contribution < 1.29 is 23.3 Å². The number of carbonyl (C=O) groups is 1. The molecule has 6 heteroatoms. The van der Waals surface area contributed by atoms with E-state index < -0.39 is 34.3 Å². The van der Waals surface area contributed by atoms with Crippen LogP contribution in [0.4, 0.5) is 14.5 Å². The number of rotatable bonds is 8. The van der Waals surface area contributed by atoms with Gasteiger partial charge in [-0.3, -0.25) is 4.79 Å². The lowest BCUT2D eigenvalue weighted by atomic mass is 9.84. The van der Waals surface area contributed by atoms with E-state index in [1.165, 1.54) is 0 Å². The Morgan fingerprint density at radius 3 is 2.21 bits per heavy atom. The Kier molecular flexibility index (Phi) is 6.30. The fourth-order valence-corrected chi connectivity index (χ4v) is 6.64.